The maximum atomic E-state index is 2.44. The molecule has 0 fully saturated rings. The molecule has 8 aromatic carbocycles. The zero-order valence-electron chi connectivity index (χ0n) is 25.8. The van der Waals surface area contributed by atoms with Crippen LogP contribution in [0, 0.1) is 0 Å². The van der Waals surface area contributed by atoms with Crippen molar-refractivity contribution in [3.63, 3.8) is 0 Å². The summed E-state index contributed by atoms with van der Waals surface area (Å²) in [7, 11) is 0. The summed E-state index contributed by atoms with van der Waals surface area (Å²) in [5, 5.41) is 2.67. The van der Waals surface area contributed by atoms with E-state index in [1.807, 2.05) is 0 Å². The van der Waals surface area contributed by atoms with E-state index in [0.717, 1.165) is 0 Å². The van der Waals surface area contributed by atoms with Crippen molar-refractivity contribution in [3.8, 4) is 55.6 Å². The van der Waals surface area contributed by atoms with E-state index in [0.29, 0.717) is 0 Å². The minimum absolute atomic E-state index is 0.396. The molecule has 47 heavy (non-hydrogen) atoms. The first-order valence-electron chi connectivity index (χ1n) is 16.4. The van der Waals surface area contributed by atoms with Gasteiger partial charge in [-0.05, 0) is 107 Å². The van der Waals surface area contributed by atoms with Gasteiger partial charge < -0.3 is 0 Å². The van der Waals surface area contributed by atoms with Gasteiger partial charge in [-0.25, -0.2) is 0 Å². The summed E-state index contributed by atoms with van der Waals surface area (Å²) in [4.78, 5) is 0. The second-order valence-electron chi connectivity index (χ2n) is 12.8. The van der Waals surface area contributed by atoms with E-state index in [2.05, 4.69) is 182 Å². The first kappa shape index (κ1) is 26.3. The van der Waals surface area contributed by atoms with Gasteiger partial charge in [0.2, 0.25) is 0 Å². The molecule has 0 atom stereocenters. The Hall–Kier alpha value is -5.98. The highest BCUT2D eigenvalue weighted by molar-refractivity contribution is 6.16. The molecule has 0 heteroatoms. The van der Waals surface area contributed by atoms with Gasteiger partial charge in [0.25, 0.3) is 0 Å². The molecule has 0 aliphatic heterocycles. The third kappa shape index (κ3) is 3.70. The maximum absolute atomic E-state index is 2.44. The molecule has 8 aromatic rings. The Morgan fingerprint density at radius 2 is 0.809 bits per heavy atom. The van der Waals surface area contributed by atoms with E-state index in [9.17, 15) is 0 Å². The lowest BCUT2D eigenvalue weighted by Crippen LogP contribution is -2.28. The zero-order chi connectivity index (χ0) is 31.0. The molecule has 0 aromatic heterocycles. The van der Waals surface area contributed by atoms with Gasteiger partial charge in [0.1, 0.15) is 0 Å². The second kappa shape index (κ2) is 10.0. The van der Waals surface area contributed by atoms with Crippen molar-refractivity contribution >= 4 is 10.8 Å². The predicted octanol–water partition coefficient (Wildman–Crippen LogP) is 12.2. The number of hydrogen-bond donors (Lipinski definition) is 0. The van der Waals surface area contributed by atoms with Crippen LogP contribution in [0.2, 0.25) is 0 Å². The van der Waals surface area contributed by atoms with Gasteiger partial charge in [-0.2, -0.15) is 0 Å². The van der Waals surface area contributed by atoms with Crippen LogP contribution in [-0.4, -0.2) is 0 Å². The SMILES string of the molecule is c1ccc(C2(c3ccccc3)c3ccccc3-c3ccc(-c4ccc(-c5cc6c7c(cccc7c5)-c5ccccc5-6)cc4)cc32)cc1. The van der Waals surface area contributed by atoms with Crippen molar-refractivity contribution in [2.75, 3.05) is 0 Å². The highest BCUT2D eigenvalue weighted by Crippen LogP contribution is 2.56. The molecule has 0 amide bonds. The topological polar surface area (TPSA) is 0 Å². The molecule has 218 valence electrons. The quantitative estimate of drug-likeness (QED) is 0.190. The highest BCUT2D eigenvalue weighted by Gasteiger charge is 2.46. The van der Waals surface area contributed by atoms with Crippen molar-refractivity contribution in [2.24, 2.45) is 0 Å². The van der Waals surface area contributed by atoms with Gasteiger partial charge in [-0.3, -0.25) is 0 Å². The summed E-state index contributed by atoms with van der Waals surface area (Å²) in [6, 6.07) is 67.5. The molecule has 0 spiro atoms. The molecule has 0 saturated carbocycles. The largest absolute Gasteiger partial charge is 0.0713 e. The Balaban J connectivity index is 1.11. The fourth-order valence-electron chi connectivity index (χ4n) is 8.46. The second-order valence-corrected chi connectivity index (χ2v) is 12.8. The van der Waals surface area contributed by atoms with Crippen LogP contribution < -0.4 is 0 Å². The molecule has 0 saturated heterocycles. The smallest absolute Gasteiger partial charge is 0.0622 e. The maximum Gasteiger partial charge on any atom is 0.0713 e. The minimum atomic E-state index is -0.396. The van der Waals surface area contributed by atoms with E-state index < -0.39 is 5.41 Å². The Morgan fingerprint density at radius 1 is 0.277 bits per heavy atom. The molecule has 0 N–H and O–H groups in total. The van der Waals surface area contributed by atoms with Crippen molar-refractivity contribution in [1.82, 2.24) is 0 Å². The normalized spacial score (nSPS) is 13.3. The number of fused-ring (bicyclic) bond motifs is 6. The highest BCUT2D eigenvalue weighted by atomic mass is 14.5. The standard InChI is InChI=1S/C47H30/c1-3-13-36(14-4-1)47(37-15-5-2-6-16-37)44-21-10-9-19-40(44)41-27-26-33(30-45(41)47)31-22-24-32(25-23-31)35-28-34-12-11-20-42-38-17-7-8-18-39(38)43(29-35)46(34)42/h1-30H. The monoisotopic (exact) mass is 594 g/mol. The van der Waals surface area contributed by atoms with Gasteiger partial charge in [0, 0.05) is 0 Å². The van der Waals surface area contributed by atoms with Gasteiger partial charge in [-0.1, -0.05) is 164 Å². The van der Waals surface area contributed by atoms with Gasteiger partial charge in [-0.15, -0.1) is 0 Å². The lowest BCUT2D eigenvalue weighted by Gasteiger charge is -2.34. The van der Waals surface area contributed by atoms with Crippen molar-refractivity contribution < 1.29 is 0 Å². The van der Waals surface area contributed by atoms with Crippen LogP contribution in [0.25, 0.3) is 66.4 Å². The summed E-state index contributed by atoms with van der Waals surface area (Å²) in [5.41, 5.74) is 17.8. The molecule has 0 heterocycles. The zero-order valence-corrected chi connectivity index (χ0v) is 25.8. The minimum Gasteiger partial charge on any atom is -0.0622 e. The third-order valence-electron chi connectivity index (χ3n) is 10.5. The lowest BCUT2D eigenvalue weighted by molar-refractivity contribution is 0.769. The average Bonchev–Trinajstić information content (AvgIpc) is 3.64. The molecule has 10 rings (SSSR count). The fraction of sp³-hybridized carbons (Fsp3) is 0.0213. The van der Waals surface area contributed by atoms with Gasteiger partial charge >= 0.3 is 0 Å². The van der Waals surface area contributed by atoms with E-state index >= 15 is 0 Å². The molecular weight excluding hydrogens is 565 g/mol. The van der Waals surface area contributed by atoms with Crippen LogP contribution in [0.4, 0.5) is 0 Å². The van der Waals surface area contributed by atoms with Gasteiger partial charge in [0.05, 0.1) is 5.41 Å². The first-order chi connectivity index (χ1) is 23.3. The summed E-state index contributed by atoms with van der Waals surface area (Å²) < 4.78 is 0. The molecule has 0 unspecified atom stereocenters. The fourth-order valence-corrected chi connectivity index (χ4v) is 8.46. The lowest BCUT2D eigenvalue weighted by atomic mass is 9.67. The summed E-state index contributed by atoms with van der Waals surface area (Å²) in [5.74, 6) is 0. The van der Waals surface area contributed by atoms with Crippen molar-refractivity contribution in [3.05, 3.63) is 204 Å². The molecule has 2 aliphatic carbocycles. The van der Waals surface area contributed by atoms with E-state index in [1.165, 1.54) is 88.7 Å². The Labute approximate surface area is 275 Å². The molecule has 0 bridgehead atoms. The first-order valence-corrected chi connectivity index (χ1v) is 16.4. The van der Waals surface area contributed by atoms with E-state index in [4.69, 9.17) is 0 Å². The average molecular weight is 595 g/mol. The number of rotatable bonds is 4. The Morgan fingerprint density at radius 3 is 1.51 bits per heavy atom. The molecule has 2 aliphatic rings. The molecular formula is C47H30. The van der Waals surface area contributed by atoms with Crippen LogP contribution in [-0.2, 0) is 5.41 Å². The summed E-state index contributed by atoms with van der Waals surface area (Å²) in [6.07, 6.45) is 0. The van der Waals surface area contributed by atoms with Crippen LogP contribution in [0.3, 0.4) is 0 Å². The van der Waals surface area contributed by atoms with Crippen LogP contribution in [0.5, 0.6) is 0 Å². The van der Waals surface area contributed by atoms with Crippen LogP contribution in [0.15, 0.2) is 182 Å². The van der Waals surface area contributed by atoms with Gasteiger partial charge in [0.15, 0.2) is 0 Å². The predicted molar refractivity (Wildman–Crippen MR) is 197 cm³/mol. The van der Waals surface area contributed by atoms with E-state index in [1.54, 1.807) is 0 Å². The van der Waals surface area contributed by atoms with E-state index in [-0.39, 0.29) is 0 Å². The third-order valence-corrected chi connectivity index (χ3v) is 10.5. The van der Waals surface area contributed by atoms with Crippen molar-refractivity contribution in [2.45, 2.75) is 5.41 Å². The Bertz CT molecular complexity index is 2450. The number of hydrogen-bond acceptors (Lipinski definition) is 0. The van der Waals surface area contributed by atoms with Crippen LogP contribution in [0.1, 0.15) is 22.3 Å². The molecule has 0 radical (unpaired) electrons. The number of benzene rings is 8. The summed E-state index contributed by atoms with van der Waals surface area (Å²) >= 11 is 0. The van der Waals surface area contributed by atoms with Crippen LogP contribution >= 0.6 is 0 Å². The van der Waals surface area contributed by atoms with Crippen molar-refractivity contribution in [1.29, 1.82) is 0 Å². The summed E-state index contributed by atoms with van der Waals surface area (Å²) in [6.45, 7) is 0. The Kier molecular flexibility index (Phi) is 5.59. The molecule has 0 nitrogen and oxygen atoms in total.